The molecule has 0 saturated heterocycles. The fraction of sp³-hybridized carbons (Fsp3) is 0.310. The summed E-state index contributed by atoms with van der Waals surface area (Å²) in [6.45, 7) is 7.21. The van der Waals surface area contributed by atoms with Crippen molar-refractivity contribution in [2.24, 2.45) is 5.92 Å². The van der Waals surface area contributed by atoms with Crippen LogP contribution in [0, 0.1) is 19.8 Å². The van der Waals surface area contributed by atoms with Crippen LogP contribution in [0.2, 0.25) is 0 Å². The van der Waals surface area contributed by atoms with Crippen molar-refractivity contribution in [3.05, 3.63) is 89.0 Å². The van der Waals surface area contributed by atoms with Crippen LogP contribution in [-0.4, -0.2) is 30.1 Å². The molecule has 34 heavy (non-hydrogen) atoms. The van der Waals surface area contributed by atoms with Crippen LogP contribution in [0.1, 0.15) is 46.8 Å². The van der Waals surface area contributed by atoms with Crippen molar-refractivity contribution in [1.82, 2.24) is 5.32 Å². The number of carboxylic acid groups (broad SMARTS) is 1. The number of aryl methyl sites for hydroxylation is 3. The second-order valence-electron chi connectivity index (χ2n) is 8.85. The first-order chi connectivity index (χ1) is 16.3. The maximum atomic E-state index is 12.1. The van der Waals surface area contributed by atoms with Crippen molar-refractivity contribution < 1.29 is 19.4 Å². The summed E-state index contributed by atoms with van der Waals surface area (Å²) in [7, 11) is 0. The Morgan fingerprint density at radius 3 is 2.24 bits per heavy atom. The van der Waals surface area contributed by atoms with E-state index < -0.39 is 5.97 Å². The average Bonchev–Trinajstić information content (AvgIpc) is 2.81. The molecule has 0 saturated carbocycles. The molecule has 5 heteroatoms. The Morgan fingerprint density at radius 1 is 0.971 bits per heavy atom. The molecule has 0 aliphatic rings. The monoisotopic (exact) mass is 459 g/mol. The molecular weight excluding hydrogens is 426 g/mol. The molecular formula is C29H33NO4. The highest BCUT2D eigenvalue weighted by atomic mass is 16.5. The first-order valence-electron chi connectivity index (χ1n) is 11.7. The van der Waals surface area contributed by atoms with Gasteiger partial charge in [-0.05, 0) is 84.7 Å². The highest BCUT2D eigenvalue weighted by Gasteiger charge is 2.11. The van der Waals surface area contributed by atoms with Gasteiger partial charge in [-0.25, -0.2) is 0 Å². The number of nitrogens with one attached hydrogen (secondary N) is 1. The van der Waals surface area contributed by atoms with Crippen LogP contribution in [0.3, 0.4) is 0 Å². The predicted octanol–water partition coefficient (Wildman–Crippen LogP) is 5.82. The molecule has 3 aromatic carbocycles. The van der Waals surface area contributed by atoms with Gasteiger partial charge in [0.1, 0.15) is 5.75 Å². The lowest BCUT2D eigenvalue weighted by atomic mass is 9.95. The quantitative estimate of drug-likeness (QED) is 0.379. The number of carbonyl (C=O) groups is 2. The summed E-state index contributed by atoms with van der Waals surface area (Å²) in [5, 5.41) is 11.3. The smallest absolute Gasteiger partial charge is 0.305 e. The first-order valence-corrected chi connectivity index (χ1v) is 11.7. The Kier molecular flexibility index (Phi) is 8.86. The minimum atomic E-state index is -0.928. The summed E-state index contributed by atoms with van der Waals surface area (Å²) < 4.78 is 6.12. The molecule has 2 N–H and O–H groups in total. The van der Waals surface area contributed by atoms with Crippen LogP contribution in [0.25, 0.3) is 11.1 Å². The van der Waals surface area contributed by atoms with Crippen LogP contribution in [0.5, 0.6) is 5.75 Å². The lowest BCUT2D eigenvalue weighted by Gasteiger charge is -2.16. The highest BCUT2D eigenvalue weighted by Crippen LogP contribution is 2.31. The zero-order valence-electron chi connectivity index (χ0n) is 20.1. The number of amides is 1. The molecule has 0 aliphatic heterocycles. The van der Waals surface area contributed by atoms with Gasteiger partial charge < -0.3 is 15.2 Å². The molecule has 0 fully saturated rings. The van der Waals surface area contributed by atoms with E-state index in [-0.39, 0.29) is 18.9 Å². The van der Waals surface area contributed by atoms with E-state index in [2.05, 4.69) is 62.5 Å². The van der Waals surface area contributed by atoms with Crippen molar-refractivity contribution in [3.8, 4) is 16.9 Å². The van der Waals surface area contributed by atoms with Gasteiger partial charge in [0.2, 0.25) is 0 Å². The van der Waals surface area contributed by atoms with Crippen LogP contribution in [-0.2, 0) is 11.2 Å². The molecule has 3 rings (SSSR count). The van der Waals surface area contributed by atoms with E-state index in [1.165, 1.54) is 22.3 Å². The summed E-state index contributed by atoms with van der Waals surface area (Å²) >= 11 is 0. The van der Waals surface area contributed by atoms with Gasteiger partial charge in [-0.3, -0.25) is 9.59 Å². The first kappa shape index (κ1) is 25.0. The molecule has 3 aromatic rings. The summed E-state index contributed by atoms with van der Waals surface area (Å²) in [6, 6.07) is 22.1. The number of carbonyl (C=O) groups excluding carboxylic acids is 1. The Labute approximate surface area is 201 Å². The lowest BCUT2D eigenvalue weighted by Crippen LogP contribution is -2.25. The fourth-order valence-corrected chi connectivity index (χ4v) is 4.01. The SMILES string of the molecule is Cc1cc(OCC(C)CCc2ccc(C(=O)NCCC(=O)O)cc2)cc(C)c1-c1ccccc1. The Morgan fingerprint density at radius 2 is 1.62 bits per heavy atom. The van der Waals surface area contributed by atoms with Gasteiger partial charge in [0.25, 0.3) is 5.91 Å². The summed E-state index contributed by atoms with van der Waals surface area (Å²) in [4.78, 5) is 22.6. The largest absolute Gasteiger partial charge is 0.493 e. The summed E-state index contributed by atoms with van der Waals surface area (Å²) in [5.41, 5.74) is 6.60. The number of hydrogen-bond acceptors (Lipinski definition) is 3. The molecule has 5 nitrogen and oxygen atoms in total. The number of ether oxygens (including phenoxy) is 1. The Bertz CT molecular complexity index is 1080. The minimum Gasteiger partial charge on any atom is -0.493 e. The van der Waals surface area contributed by atoms with Crippen LogP contribution in [0.4, 0.5) is 0 Å². The van der Waals surface area contributed by atoms with Crippen LogP contribution >= 0.6 is 0 Å². The number of hydrogen-bond donors (Lipinski definition) is 2. The maximum absolute atomic E-state index is 12.1. The fourth-order valence-electron chi connectivity index (χ4n) is 4.01. The third kappa shape index (κ3) is 7.20. The number of benzene rings is 3. The van der Waals surface area contributed by atoms with Gasteiger partial charge >= 0.3 is 5.97 Å². The minimum absolute atomic E-state index is 0.0832. The summed E-state index contributed by atoms with van der Waals surface area (Å²) in [5.74, 6) is 0.106. The topological polar surface area (TPSA) is 75.6 Å². The zero-order chi connectivity index (χ0) is 24.5. The van der Waals surface area contributed by atoms with Crippen molar-refractivity contribution in [3.63, 3.8) is 0 Å². The molecule has 178 valence electrons. The standard InChI is InChI=1S/C29H33NO4/c1-20(9-10-23-11-13-25(14-12-23)29(33)30-16-15-27(31)32)19-34-26-17-21(2)28(22(3)18-26)24-7-5-4-6-8-24/h4-8,11-14,17-18,20H,9-10,15-16,19H2,1-3H3,(H,30,33)(H,31,32). The Hall–Kier alpha value is -3.60. The number of rotatable bonds is 11. The molecule has 0 spiro atoms. The lowest BCUT2D eigenvalue weighted by molar-refractivity contribution is -0.136. The van der Waals surface area contributed by atoms with Crippen molar-refractivity contribution >= 4 is 11.9 Å². The molecule has 0 aromatic heterocycles. The highest BCUT2D eigenvalue weighted by molar-refractivity contribution is 5.94. The average molecular weight is 460 g/mol. The molecule has 0 radical (unpaired) electrons. The zero-order valence-corrected chi connectivity index (χ0v) is 20.1. The Balaban J connectivity index is 1.48. The molecule has 1 unspecified atom stereocenters. The second-order valence-corrected chi connectivity index (χ2v) is 8.85. The number of aliphatic carboxylic acids is 1. The van der Waals surface area contributed by atoms with Gasteiger partial charge in [-0.1, -0.05) is 49.4 Å². The van der Waals surface area contributed by atoms with Crippen LogP contribution < -0.4 is 10.1 Å². The second kappa shape index (κ2) is 12.0. The number of carboxylic acids is 1. The third-order valence-electron chi connectivity index (χ3n) is 5.87. The van der Waals surface area contributed by atoms with E-state index in [9.17, 15) is 9.59 Å². The maximum Gasteiger partial charge on any atom is 0.305 e. The van der Waals surface area contributed by atoms with Gasteiger partial charge in [-0.15, -0.1) is 0 Å². The van der Waals surface area contributed by atoms with E-state index in [4.69, 9.17) is 9.84 Å². The van der Waals surface area contributed by atoms with Gasteiger partial charge in [0.05, 0.1) is 13.0 Å². The normalized spacial score (nSPS) is 11.6. The van der Waals surface area contributed by atoms with E-state index in [0.29, 0.717) is 18.1 Å². The van der Waals surface area contributed by atoms with E-state index in [1.54, 1.807) is 12.1 Å². The van der Waals surface area contributed by atoms with Gasteiger partial charge in [-0.2, -0.15) is 0 Å². The third-order valence-corrected chi connectivity index (χ3v) is 5.87. The predicted molar refractivity (Wildman–Crippen MR) is 135 cm³/mol. The molecule has 1 amide bonds. The summed E-state index contributed by atoms with van der Waals surface area (Å²) in [6.07, 6.45) is 1.79. The van der Waals surface area contributed by atoms with Crippen molar-refractivity contribution in [1.29, 1.82) is 0 Å². The van der Waals surface area contributed by atoms with Crippen molar-refractivity contribution in [2.45, 2.75) is 40.0 Å². The van der Waals surface area contributed by atoms with Gasteiger partial charge in [0.15, 0.2) is 0 Å². The van der Waals surface area contributed by atoms with E-state index in [0.717, 1.165) is 24.2 Å². The van der Waals surface area contributed by atoms with Crippen LogP contribution in [0.15, 0.2) is 66.7 Å². The van der Waals surface area contributed by atoms with Gasteiger partial charge in [0, 0.05) is 12.1 Å². The molecule has 0 bridgehead atoms. The van der Waals surface area contributed by atoms with Crippen molar-refractivity contribution in [2.75, 3.05) is 13.2 Å². The van der Waals surface area contributed by atoms with E-state index >= 15 is 0 Å². The molecule has 1 atom stereocenters. The molecule has 0 aliphatic carbocycles. The van der Waals surface area contributed by atoms with E-state index in [1.807, 2.05) is 18.2 Å². The molecule has 0 heterocycles.